The molecule has 42 heavy (non-hydrogen) atoms. The largest absolute Gasteiger partial charge is 0.497 e. The van der Waals surface area contributed by atoms with Gasteiger partial charge in [-0.1, -0.05) is 0 Å². The molecule has 0 aromatic heterocycles. The molecule has 2 aromatic rings. The Morgan fingerprint density at radius 1 is 0.762 bits per heavy atom. The lowest BCUT2D eigenvalue weighted by molar-refractivity contribution is -0.350. The number of hydrogen-bond donors (Lipinski definition) is 6. The van der Waals surface area contributed by atoms with Gasteiger partial charge >= 0.3 is 0 Å². The maximum absolute atomic E-state index is 13.6. The van der Waals surface area contributed by atoms with E-state index in [9.17, 15) is 47.8 Å². The molecule has 2 aliphatic heterocycles. The fourth-order valence-electron chi connectivity index (χ4n) is 4.42. The summed E-state index contributed by atoms with van der Waals surface area (Å²) in [7, 11) is -3.55. The topological polar surface area (TPSA) is 211 Å². The van der Waals surface area contributed by atoms with Crippen LogP contribution in [0.5, 0.6) is 11.5 Å². The van der Waals surface area contributed by atoms with Gasteiger partial charge in [0.15, 0.2) is 6.29 Å². The van der Waals surface area contributed by atoms with Gasteiger partial charge in [-0.3, -0.25) is 4.18 Å². The molecule has 0 spiro atoms. The smallest absolute Gasteiger partial charge is 0.297 e. The van der Waals surface area contributed by atoms with Crippen molar-refractivity contribution >= 4 is 10.1 Å². The number of halogens is 2. The summed E-state index contributed by atoms with van der Waals surface area (Å²) >= 11 is 0. The molecule has 2 heterocycles. The summed E-state index contributed by atoms with van der Waals surface area (Å²) in [4.78, 5) is -0.966. The zero-order valence-electron chi connectivity index (χ0n) is 21.8. The Kier molecular flexibility index (Phi) is 10.3. The molecule has 14 nitrogen and oxygen atoms in total. The fraction of sp³-hybridized carbons (Fsp3) is 0.520. The molecule has 0 aliphatic carbocycles. The van der Waals surface area contributed by atoms with Gasteiger partial charge in [-0.2, -0.15) is 8.42 Å². The number of rotatable bonds is 10. The molecule has 0 amide bonds. The highest BCUT2D eigenvalue weighted by molar-refractivity contribution is 7.86. The molecule has 10 atom stereocenters. The highest BCUT2D eigenvalue weighted by atomic mass is 32.2. The minimum Gasteiger partial charge on any atom is -0.497 e. The van der Waals surface area contributed by atoms with Crippen molar-refractivity contribution in [3.63, 3.8) is 0 Å². The van der Waals surface area contributed by atoms with Crippen molar-refractivity contribution < 1.29 is 75.7 Å². The second-order valence-electron chi connectivity index (χ2n) is 9.43. The number of aliphatic hydroxyl groups is 6. The Labute approximate surface area is 238 Å². The van der Waals surface area contributed by atoms with Gasteiger partial charge in [0.2, 0.25) is 6.29 Å². The monoisotopic (exact) mass is 624 g/mol. The summed E-state index contributed by atoms with van der Waals surface area (Å²) in [6.45, 7) is -1.74. The summed E-state index contributed by atoms with van der Waals surface area (Å²) in [6, 6.07) is 7.43. The molecular weight excluding hydrogens is 594 g/mol. The van der Waals surface area contributed by atoms with Crippen LogP contribution in [0.4, 0.5) is 8.78 Å². The normalized spacial score (nSPS) is 33.7. The molecule has 234 valence electrons. The average molecular weight is 625 g/mol. The molecule has 0 unspecified atom stereocenters. The summed E-state index contributed by atoms with van der Waals surface area (Å²) < 4.78 is 84.7. The standard InChI is InChI=1S/C25H30F2O14S/c1-36-13-2-4-14(5-3-13)37-24-20(32)19(31)22(17(10-29)39-24)40-25-21(33)23(18(30)16(9-28)38-25)41-42(34,35)15-7-11(26)6-12(27)8-15/h2-8,16-25,28-33H,9-10H2,1H3/t16-,17-,18+,19-,20-,21-,22-,23+,24-,25+/m1/s1. The van der Waals surface area contributed by atoms with Crippen LogP contribution >= 0.6 is 0 Å². The third kappa shape index (κ3) is 6.98. The third-order valence-electron chi connectivity index (χ3n) is 6.61. The van der Waals surface area contributed by atoms with Crippen LogP contribution in [-0.4, -0.2) is 121 Å². The van der Waals surface area contributed by atoms with E-state index in [4.69, 9.17) is 27.9 Å². The third-order valence-corrected chi connectivity index (χ3v) is 7.90. The van der Waals surface area contributed by atoms with Crippen LogP contribution in [0.1, 0.15) is 0 Å². The Bertz CT molecular complexity index is 1280. The lowest BCUT2D eigenvalue weighted by Crippen LogP contribution is -2.65. The summed E-state index contributed by atoms with van der Waals surface area (Å²) in [5.74, 6) is -1.75. The van der Waals surface area contributed by atoms with Gasteiger partial charge in [-0.15, -0.1) is 0 Å². The minimum absolute atomic E-state index is 0.216. The Balaban J connectivity index is 1.51. The molecule has 0 bridgehead atoms. The van der Waals surface area contributed by atoms with Crippen LogP contribution in [0.15, 0.2) is 47.4 Å². The van der Waals surface area contributed by atoms with Gasteiger partial charge in [-0.25, -0.2) is 8.78 Å². The van der Waals surface area contributed by atoms with Crippen molar-refractivity contribution in [1.29, 1.82) is 0 Å². The summed E-state index contributed by atoms with van der Waals surface area (Å²) in [5, 5.41) is 62.4. The van der Waals surface area contributed by atoms with Crippen LogP contribution in [0.3, 0.4) is 0 Å². The molecule has 4 rings (SSSR count). The maximum Gasteiger partial charge on any atom is 0.297 e. The molecule has 0 radical (unpaired) electrons. The van der Waals surface area contributed by atoms with Gasteiger partial charge < -0.3 is 54.3 Å². The fourth-order valence-corrected chi connectivity index (χ4v) is 5.56. The lowest BCUT2D eigenvalue weighted by atomic mass is 9.97. The predicted molar refractivity (Wildman–Crippen MR) is 132 cm³/mol. The highest BCUT2D eigenvalue weighted by Crippen LogP contribution is 2.32. The van der Waals surface area contributed by atoms with Crippen LogP contribution in [0.25, 0.3) is 0 Å². The number of aliphatic hydroxyl groups excluding tert-OH is 6. The first-order chi connectivity index (χ1) is 19.9. The van der Waals surface area contributed by atoms with E-state index in [2.05, 4.69) is 0 Å². The molecule has 0 saturated carbocycles. The maximum atomic E-state index is 13.6. The Morgan fingerprint density at radius 3 is 1.90 bits per heavy atom. The van der Waals surface area contributed by atoms with Crippen molar-refractivity contribution in [2.75, 3.05) is 20.3 Å². The van der Waals surface area contributed by atoms with Crippen molar-refractivity contribution in [1.82, 2.24) is 0 Å². The van der Waals surface area contributed by atoms with E-state index in [0.717, 1.165) is 0 Å². The van der Waals surface area contributed by atoms with Crippen molar-refractivity contribution in [3.05, 3.63) is 54.1 Å². The van der Waals surface area contributed by atoms with Gasteiger partial charge in [-0.05, 0) is 36.4 Å². The van der Waals surface area contributed by atoms with E-state index in [-0.39, 0.29) is 5.75 Å². The Morgan fingerprint density at radius 2 is 1.33 bits per heavy atom. The van der Waals surface area contributed by atoms with Crippen LogP contribution in [0, 0.1) is 11.6 Å². The summed E-state index contributed by atoms with van der Waals surface area (Å²) in [5.41, 5.74) is 0. The van der Waals surface area contributed by atoms with Gasteiger partial charge in [0.1, 0.15) is 72.0 Å². The van der Waals surface area contributed by atoms with Crippen molar-refractivity contribution in [2.24, 2.45) is 0 Å². The number of benzene rings is 2. The number of hydrogen-bond acceptors (Lipinski definition) is 14. The first-order valence-electron chi connectivity index (χ1n) is 12.5. The van der Waals surface area contributed by atoms with Crippen molar-refractivity contribution in [3.8, 4) is 11.5 Å². The Hall–Kier alpha value is -2.55. The molecular formula is C25H30F2O14S. The predicted octanol–water partition coefficient (Wildman–Crippen LogP) is -1.61. The van der Waals surface area contributed by atoms with E-state index in [1.54, 1.807) is 12.1 Å². The van der Waals surface area contributed by atoms with E-state index >= 15 is 0 Å². The van der Waals surface area contributed by atoms with Gasteiger partial charge in [0.05, 0.1) is 25.2 Å². The minimum atomic E-state index is -5.01. The average Bonchev–Trinajstić information content (AvgIpc) is 2.96. The van der Waals surface area contributed by atoms with E-state index in [1.165, 1.54) is 19.2 Å². The van der Waals surface area contributed by atoms with Gasteiger partial charge in [0, 0.05) is 6.07 Å². The lowest BCUT2D eigenvalue weighted by Gasteiger charge is -2.46. The van der Waals surface area contributed by atoms with Crippen LogP contribution in [-0.2, 0) is 28.5 Å². The zero-order chi connectivity index (χ0) is 30.8. The highest BCUT2D eigenvalue weighted by Gasteiger charge is 2.52. The molecule has 2 fully saturated rings. The molecule has 2 aliphatic rings. The molecule has 6 N–H and O–H groups in total. The summed E-state index contributed by atoms with van der Waals surface area (Å²) in [6.07, 6.45) is -18.0. The van der Waals surface area contributed by atoms with E-state index < -0.39 is 101 Å². The van der Waals surface area contributed by atoms with Gasteiger partial charge in [0.25, 0.3) is 10.1 Å². The number of ether oxygens (including phenoxy) is 5. The zero-order valence-corrected chi connectivity index (χ0v) is 22.7. The first-order valence-corrected chi connectivity index (χ1v) is 13.9. The van der Waals surface area contributed by atoms with E-state index in [1.807, 2.05) is 0 Å². The molecule has 2 aromatic carbocycles. The second kappa shape index (κ2) is 13.4. The quantitative estimate of drug-likeness (QED) is 0.164. The molecule has 17 heteroatoms. The van der Waals surface area contributed by atoms with Crippen molar-refractivity contribution in [2.45, 2.75) is 66.3 Å². The second-order valence-corrected chi connectivity index (χ2v) is 11.0. The molecule has 2 saturated heterocycles. The van der Waals surface area contributed by atoms with Crippen LogP contribution in [0.2, 0.25) is 0 Å². The SMILES string of the molecule is COc1ccc(O[C@@H]2O[C@H](CO)[C@@H](O[C@@H]3O[C@H](CO)[C@H](O)[C@H](OS(=O)(=O)c4cc(F)cc(F)c4)[C@H]3O)[C@H](O)[C@H]2O)cc1. The van der Waals surface area contributed by atoms with E-state index in [0.29, 0.717) is 23.9 Å². The first kappa shape index (κ1) is 32.4. The van der Waals surface area contributed by atoms with Crippen LogP contribution < -0.4 is 9.47 Å². The number of methoxy groups -OCH3 is 1.